The Morgan fingerprint density at radius 2 is 2.18 bits per heavy atom. The van der Waals surface area contributed by atoms with Crippen molar-refractivity contribution < 1.29 is 9.90 Å². The minimum atomic E-state index is -0.382. The number of nitrogens with zero attached hydrogens (tertiary/aromatic N) is 1. The van der Waals surface area contributed by atoms with Crippen molar-refractivity contribution in [1.82, 2.24) is 10.2 Å². The number of amides is 1. The van der Waals surface area contributed by atoms with Crippen LogP contribution >= 0.6 is 0 Å². The number of aliphatic hydroxyl groups is 1. The Kier molecular flexibility index (Phi) is 6.36. The van der Waals surface area contributed by atoms with E-state index in [4.69, 9.17) is 5.73 Å². The number of β-amino-alcohol motifs (C(OH)–C–C–N with tert-alkyl or cyclic N) is 1. The fourth-order valence-corrected chi connectivity index (χ4v) is 3.00. The minimum absolute atomic E-state index is 0.243. The fourth-order valence-electron chi connectivity index (χ4n) is 3.00. The number of hydrogen-bond acceptors (Lipinski definition) is 4. The Labute approximate surface area is 132 Å². The molecule has 0 saturated carbocycles. The van der Waals surface area contributed by atoms with Crippen LogP contribution in [0.5, 0.6) is 0 Å². The summed E-state index contributed by atoms with van der Waals surface area (Å²) in [5.74, 6) is 0.303. The second-order valence-corrected chi connectivity index (χ2v) is 6.29. The standard InChI is InChI=1S/C17H27N3O2/c1-13(21)12-20-7-5-14(6-8-20)10-19-11-15-3-2-4-16(9-15)17(18)22/h2-4,9,13-14,19,21H,5-8,10-12H2,1H3,(H2,18,22)/t13-/m1/s1. The number of benzene rings is 1. The molecule has 1 aromatic carbocycles. The number of nitrogens with two attached hydrogens (primary N) is 1. The van der Waals surface area contributed by atoms with E-state index in [0.29, 0.717) is 11.5 Å². The SMILES string of the molecule is C[C@@H](O)CN1CCC(CNCc2cccc(C(N)=O)c2)CC1. The van der Waals surface area contributed by atoms with Crippen molar-refractivity contribution in [2.45, 2.75) is 32.4 Å². The van der Waals surface area contributed by atoms with Gasteiger partial charge in [-0.2, -0.15) is 0 Å². The largest absolute Gasteiger partial charge is 0.392 e. The summed E-state index contributed by atoms with van der Waals surface area (Å²) >= 11 is 0. The number of aliphatic hydroxyl groups excluding tert-OH is 1. The van der Waals surface area contributed by atoms with Crippen molar-refractivity contribution in [2.24, 2.45) is 11.7 Å². The van der Waals surface area contributed by atoms with E-state index in [0.717, 1.165) is 38.3 Å². The zero-order valence-electron chi connectivity index (χ0n) is 13.3. The van der Waals surface area contributed by atoms with Crippen molar-refractivity contribution in [3.8, 4) is 0 Å². The lowest BCUT2D eigenvalue weighted by Crippen LogP contribution is -2.40. The second kappa shape index (κ2) is 8.27. The number of carbonyl (C=O) groups excluding carboxylic acids is 1. The zero-order valence-corrected chi connectivity index (χ0v) is 13.3. The summed E-state index contributed by atoms with van der Waals surface area (Å²) in [6.07, 6.45) is 2.09. The van der Waals surface area contributed by atoms with Gasteiger partial charge in [0.05, 0.1) is 6.10 Å². The summed E-state index contributed by atoms with van der Waals surface area (Å²) in [5.41, 5.74) is 6.94. The highest BCUT2D eigenvalue weighted by Crippen LogP contribution is 2.16. The van der Waals surface area contributed by atoms with Gasteiger partial charge in [-0.3, -0.25) is 4.79 Å². The van der Waals surface area contributed by atoms with Gasteiger partial charge in [0.1, 0.15) is 0 Å². The van der Waals surface area contributed by atoms with Crippen LogP contribution in [0.4, 0.5) is 0 Å². The molecule has 122 valence electrons. The minimum Gasteiger partial charge on any atom is -0.392 e. The molecule has 1 aliphatic rings. The Morgan fingerprint density at radius 3 is 2.82 bits per heavy atom. The van der Waals surface area contributed by atoms with Crippen LogP contribution in [0.25, 0.3) is 0 Å². The lowest BCUT2D eigenvalue weighted by Gasteiger charge is -2.32. The number of nitrogens with one attached hydrogen (secondary N) is 1. The first-order chi connectivity index (χ1) is 10.5. The van der Waals surface area contributed by atoms with Gasteiger partial charge >= 0.3 is 0 Å². The van der Waals surface area contributed by atoms with Gasteiger partial charge in [-0.15, -0.1) is 0 Å². The molecule has 1 fully saturated rings. The quantitative estimate of drug-likeness (QED) is 0.701. The van der Waals surface area contributed by atoms with Gasteiger partial charge < -0.3 is 21.1 Å². The van der Waals surface area contributed by atoms with Crippen molar-refractivity contribution >= 4 is 5.91 Å². The van der Waals surface area contributed by atoms with Gasteiger partial charge in [0.15, 0.2) is 0 Å². The molecule has 0 aliphatic carbocycles. The van der Waals surface area contributed by atoms with Gasteiger partial charge in [0, 0.05) is 18.7 Å². The normalized spacial score (nSPS) is 18.3. The Bertz CT molecular complexity index is 483. The second-order valence-electron chi connectivity index (χ2n) is 6.29. The molecule has 1 aliphatic heterocycles. The maximum absolute atomic E-state index is 11.2. The number of carbonyl (C=O) groups is 1. The van der Waals surface area contributed by atoms with Crippen LogP contribution in [0.2, 0.25) is 0 Å². The molecule has 22 heavy (non-hydrogen) atoms. The average molecular weight is 305 g/mol. The third kappa shape index (κ3) is 5.40. The van der Waals surface area contributed by atoms with E-state index >= 15 is 0 Å². The van der Waals surface area contributed by atoms with Crippen molar-refractivity contribution in [3.05, 3.63) is 35.4 Å². The maximum Gasteiger partial charge on any atom is 0.248 e. The first-order valence-electron chi connectivity index (χ1n) is 8.04. The summed E-state index contributed by atoms with van der Waals surface area (Å²) in [7, 11) is 0. The van der Waals surface area contributed by atoms with Crippen molar-refractivity contribution in [3.63, 3.8) is 0 Å². The summed E-state index contributed by atoms with van der Waals surface area (Å²) in [4.78, 5) is 13.5. The molecule has 1 heterocycles. The first kappa shape index (κ1) is 16.9. The monoisotopic (exact) mass is 305 g/mol. The number of primary amides is 1. The van der Waals surface area contributed by atoms with Crippen LogP contribution in [-0.2, 0) is 6.54 Å². The molecule has 1 amide bonds. The summed E-state index contributed by atoms with van der Waals surface area (Å²) < 4.78 is 0. The third-order valence-electron chi connectivity index (χ3n) is 4.20. The molecule has 1 atom stereocenters. The van der Waals surface area contributed by atoms with E-state index in [9.17, 15) is 9.90 Å². The van der Waals surface area contributed by atoms with Crippen LogP contribution in [0.15, 0.2) is 24.3 Å². The van der Waals surface area contributed by atoms with Gasteiger partial charge in [-0.25, -0.2) is 0 Å². The maximum atomic E-state index is 11.2. The first-order valence-corrected chi connectivity index (χ1v) is 8.04. The molecular formula is C17H27N3O2. The Morgan fingerprint density at radius 1 is 1.45 bits per heavy atom. The van der Waals surface area contributed by atoms with Crippen LogP contribution in [0.1, 0.15) is 35.7 Å². The molecule has 1 saturated heterocycles. The molecule has 0 radical (unpaired) electrons. The van der Waals surface area contributed by atoms with Crippen molar-refractivity contribution in [1.29, 1.82) is 0 Å². The molecule has 5 heteroatoms. The topological polar surface area (TPSA) is 78.6 Å². The molecule has 0 spiro atoms. The number of piperidine rings is 1. The van der Waals surface area contributed by atoms with Crippen LogP contribution < -0.4 is 11.1 Å². The highest BCUT2D eigenvalue weighted by molar-refractivity contribution is 5.92. The molecule has 0 bridgehead atoms. The summed E-state index contributed by atoms with van der Waals surface area (Å²) in [5, 5.41) is 12.9. The predicted molar refractivity (Wildman–Crippen MR) is 87.5 cm³/mol. The van der Waals surface area contributed by atoms with Crippen LogP contribution in [0, 0.1) is 5.92 Å². The van der Waals surface area contributed by atoms with E-state index < -0.39 is 0 Å². The summed E-state index contributed by atoms with van der Waals surface area (Å²) in [6, 6.07) is 7.46. The van der Waals surface area contributed by atoms with E-state index in [-0.39, 0.29) is 12.0 Å². The number of hydrogen-bond donors (Lipinski definition) is 3. The fraction of sp³-hybridized carbons (Fsp3) is 0.588. The van der Waals surface area contributed by atoms with E-state index in [1.54, 1.807) is 6.07 Å². The van der Waals surface area contributed by atoms with Crippen LogP contribution in [-0.4, -0.2) is 48.2 Å². The van der Waals surface area contributed by atoms with Gasteiger partial charge in [-0.1, -0.05) is 12.1 Å². The Hall–Kier alpha value is -1.43. The smallest absolute Gasteiger partial charge is 0.248 e. The highest BCUT2D eigenvalue weighted by Gasteiger charge is 2.19. The molecule has 5 nitrogen and oxygen atoms in total. The van der Waals surface area contributed by atoms with Crippen molar-refractivity contribution in [2.75, 3.05) is 26.2 Å². The zero-order chi connectivity index (χ0) is 15.9. The molecule has 4 N–H and O–H groups in total. The van der Waals surface area contributed by atoms with E-state index in [1.807, 2.05) is 25.1 Å². The lowest BCUT2D eigenvalue weighted by atomic mass is 9.96. The van der Waals surface area contributed by atoms with Gasteiger partial charge in [0.25, 0.3) is 0 Å². The summed E-state index contributed by atoms with van der Waals surface area (Å²) in [6.45, 7) is 6.50. The molecule has 0 aromatic heterocycles. The van der Waals surface area contributed by atoms with Gasteiger partial charge in [-0.05, 0) is 63.0 Å². The van der Waals surface area contributed by atoms with E-state index in [1.165, 1.54) is 12.8 Å². The number of rotatable bonds is 7. The number of likely N-dealkylation sites (tertiary alicyclic amines) is 1. The van der Waals surface area contributed by atoms with Crippen LogP contribution in [0.3, 0.4) is 0 Å². The molecular weight excluding hydrogens is 278 g/mol. The van der Waals surface area contributed by atoms with E-state index in [2.05, 4.69) is 10.2 Å². The predicted octanol–water partition coefficient (Wildman–Crippen LogP) is 0.968. The Balaban J connectivity index is 1.69. The highest BCUT2D eigenvalue weighted by atomic mass is 16.3. The third-order valence-corrected chi connectivity index (χ3v) is 4.20. The average Bonchev–Trinajstić information content (AvgIpc) is 2.49. The molecule has 1 aromatic rings. The molecule has 2 rings (SSSR count). The molecule has 0 unspecified atom stereocenters. The van der Waals surface area contributed by atoms with Gasteiger partial charge in [0.2, 0.25) is 5.91 Å². The lowest BCUT2D eigenvalue weighted by molar-refractivity contribution is 0.0996.